The molecule has 0 fully saturated rings. The molecule has 0 bridgehead atoms. The highest BCUT2D eigenvalue weighted by Crippen LogP contribution is 1.98. The van der Waals surface area contributed by atoms with E-state index in [1.807, 2.05) is 0 Å². The summed E-state index contributed by atoms with van der Waals surface area (Å²) in [6, 6.07) is -0.775. The second-order valence-corrected chi connectivity index (χ2v) is 2.76. The van der Waals surface area contributed by atoms with Crippen LogP contribution in [-0.4, -0.2) is 34.2 Å². The van der Waals surface area contributed by atoms with E-state index in [0.29, 0.717) is 18.8 Å². The largest absolute Gasteiger partial charge is 0.309 e. The highest BCUT2D eigenvalue weighted by Gasteiger charge is 2.12. The number of halogens is 2. The van der Waals surface area contributed by atoms with Gasteiger partial charge in [0.15, 0.2) is 0 Å². The Balaban J connectivity index is 2.14. The van der Waals surface area contributed by atoms with E-state index in [1.54, 1.807) is 0 Å². The zero-order chi connectivity index (χ0) is 9.68. The summed E-state index contributed by atoms with van der Waals surface area (Å²) < 4.78 is 24.0. The minimum Gasteiger partial charge on any atom is -0.309 e. The van der Waals surface area contributed by atoms with Crippen LogP contribution < -0.4 is 5.32 Å². The molecule has 1 rings (SSSR count). The fourth-order valence-electron chi connectivity index (χ4n) is 0.859. The normalized spacial score (nSPS) is 13.5. The van der Waals surface area contributed by atoms with E-state index in [0.717, 1.165) is 0 Å². The summed E-state index contributed by atoms with van der Waals surface area (Å²) in [4.78, 5) is 3.86. The molecule has 1 atom stereocenters. The van der Waals surface area contributed by atoms with E-state index in [4.69, 9.17) is 0 Å². The third-order valence-corrected chi connectivity index (χ3v) is 1.67. The monoisotopic (exact) mass is 190 g/mol. The predicted molar refractivity (Wildman–Crippen MR) is 43.6 cm³/mol. The number of aromatic nitrogens is 3. The minimum absolute atomic E-state index is 0.473. The summed E-state index contributed by atoms with van der Waals surface area (Å²) in [6.07, 6.45) is -0.349. The van der Waals surface area contributed by atoms with Crippen molar-refractivity contribution in [2.24, 2.45) is 0 Å². The SMILES string of the molecule is CC(NCCc1ncn[nH]1)C(F)F. The van der Waals surface area contributed by atoms with Crippen molar-refractivity contribution in [3.63, 3.8) is 0 Å². The lowest BCUT2D eigenvalue weighted by atomic mass is 10.3. The lowest BCUT2D eigenvalue weighted by Crippen LogP contribution is -2.34. The smallest absolute Gasteiger partial charge is 0.253 e. The number of aromatic amines is 1. The molecule has 0 radical (unpaired) electrons. The van der Waals surface area contributed by atoms with Crippen molar-refractivity contribution in [1.29, 1.82) is 0 Å². The molecule has 4 nitrogen and oxygen atoms in total. The molecule has 0 spiro atoms. The van der Waals surface area contributed by atoms with Crippen LogP contribution in [0.15, 0.2) is 6.33 Å². The van der Waals surface area contributed by atoms with Gasteiger partial charge in [-0.2, -0.15) is 5.10 Å². The van der Waals surface area contributed by atoms with Crippen LogP contribution in [0.3, 0.4) is 0 Å². The second kappa shape index (κ2) is 4.86. The van der Waals surface area contributed by atoms with Gasteiger partial charge in [0.25, 0.3) is 6.43 Å². The lowest BCUT2D eigenvalue weighted by Gasteiger charge is -2.11. The van der Waals surface area contributed by atoms with Gasteiger partial charge in [-0.15, -0.1) is 0 Å². The van der Waals surface area contributed by atoms with Crippen molar-refractivity contribution in [3.05, 3.63) is 12.2 Å². The average Bonchev–Trinajstić information content (AvgIpc) is 2.56. The summed E-state index contributed by atoms with van der Waals surface area (Å²) >= 11 is 0. The number of hydrogen-bond acceptors (Lipinski definition) is 3. The molecule has 74 valence electrons. The maximum atomic E-state index is 12.0. The van der Waals surface area contributed by atoms with E-state index in [-0.39, 0.29) is 0 Å². The third kappa shape index (κ3) is 3.45. The Kier molecular flexibility index (Phi) is 3.75. The molecular weight excluding hydrogens is 178 g/mol. The maximum Gasteiger partial charge on any atom is 0.253 e. The molecule has 1 aromatic rings. The molecule has 0 aliphatic heterocycles. The number of alkyl halides is 2. The molecule has 0 aliphatic rings. The first-order valence-electron chi connectivity index (χ1n) is 4.06. The number of rotatable bonds is 5. The van der Waals surface area contributed by atoms with Crippen molar-refractivity contribution in [1.82, 2.24) is 20.5 Å². The van der Waals surface area contributed by atoms with E-state index in [2.05, 4.69) is 20.5 Å². The standard InChI is InChI=1S/C7H12F2N4/c1-5(7(8)9)10-3-2-6-11-4-12-13-6/h4-5,7,10H,2-3H2,1H3,(H,11,12,13). The molecule has 1 unspecified atom stereocenters. The van der Waals surface area contributed by atoms with Crippen LogP contribution in [-0.2, 0) is 6.42 Å². The molecule has 1 heterocycles. The fourth-order valence-corrected chi connectivity index (χ4v) is 0.859. The van der Waals surface area contributed by atoms with E-state index < -0.39 is 12.5 Å². The van der Waals surface area contributed by atoms with Crippen molar-refractivity contribution in [2.45, 2.75) is 25.8 Å². The van der Waals surface area contributed by atoms with Crippen LogP contribution in [0, 0.1) is 0 Å². The van der Waals surface area contributed by atoms with Crippen LogP contribution in [0.5, 0.6) is 0 Å². The first-order chi connectivity index (χ1) is 6.20. The van der Waals surface area contributed by atoms with E-state index in [9.17, 15) is 8.78 Å². The van der Waals surface area contributed by atoms with Gasteiger partial charge in [0.05, 0.1) is 6.04 Å². The van der Waals surface area contributed by atoms with Crippen molar-refractivity contribution >= 4 is 0 Å². The Morgan fingerprint density at radius 2 is 2.38 bits per heavy atom. The molecule has 6 heteroatoms. The first-order valence-corrected chi connectivity index (χ1v) is 4.06. The van der Waals surface area contributed by atoms with Crippen molar-refractivity contribution in [3.8, 4) is 0 Å². The topological polar surface area (TPSA) is 53.6 Å². The third-order valence-electron chi connectivity index (χ3n) is 1.67. The van der Waals surface area contributed by atoms with Crippen LogP contribution in [0.2, 0.25) is 0 Å². The quantitative estimate of drug-likeness (QED) is 0.714. The fraction of sp³-hybridized carbons (Fsp3) is 0.714. The lowest BCUT2D eigenvalue weighted by molar-refractivity contribution is 0.106. The molecular formula is C7H12F2N4. The molecule has 2 N–H and O–H groups in total. The zero-order valence-electron chi connectivity index (χ0n) is 7.30. The first kappa shape index (κ1) is 10.0. The number of nitrogens with zero attached hydrogens (tertiary/aromatic N) is 2. The van der Waals surface area contributed by atoms with Crippen LogP contribution in [0.25, 0.3) is 0 Å². The Hall–Kier alpha value is -1.04. The Labute approximate surface area is 74.8 Å². The highest BCUT2D eigenvalue weighted by atomic mass is 19.3. The van der Waals surface area contributed by atoms with E-state index >= 15 is 0 Å². The van der Waals surface area contributed by atoms with Crippen molar-refractivity contribution < 1.29 is 8.78 Å². The summed E-state index contributed by atoms with van der Waals surface area (Å²) in [7, 11) is 0. The van der Waals surface area contributed by atoms with Gasteiger partial charge in [-0.25, -0.2) is 13.8 Å². The van der Waals surface area contributed by atoms with Crippen LogP contribution in [0.4, 0.5) is 8.78 Å². The summed E-state index contributed by atoms with van der Waals surface area (Å²) in [5.74, 6) is 0.703. The van der Waals surface area contributed by atoms with Gasteiger partial charge in [-0.3, -0.25) is 5.10 Å². The predicted octanol–water partition coefficient (Wildman–Crippen LogP) is 0.590. The number of H-pyrrole nitrogens is 1. The Morgan fingerprint density at radius 3 is 2.92 bits per heavy atom. The number of nitrogens with one attached hydrogen (secondary N) is 2. The summed E-state index contributed by atoms with van der Waals surface area (Å²) in [5.41, 5.74) is 0. The Bertz CT molecular complexity index is 224. The van der Waals surface area contributed by atoms with Crippen LogP contribution in [0.1, 0.15) is 12.7 Å². The van der Waals surface area contributed by atoms with Crippen LogP contribution >= 0.6 is 0 Å². The molecule has 0 saturated carbocycles. The molecule has 0 amide bonds. The molecule has 0 aromatic carbocycles. The van der Waals surface area contributed by atoms with Crippen molar-refractivity contribution in [2.75, 3.05) is 6.54 Å². The van der Waals surface area contributed by atoms with Gasteiger partial charge in [0, 0.05) is 13.0 Å². The van der Waals surface area contributed by atoms with Gasteiger partial charge >= 0.3 is 0 Å². The molecule has 1 aromatic heterocycles. The summed E-state index contributed by atoms with van der Waals surface area (Å²) in [5, 5.41) is 8.98. The zero-order valence-corrected chi connectivity index (χ0v) is 7.30. The molecule has 0 saturated heterocycles. The molecule has 13 heavy (non-hydrogen) atoms. The minimum atomic E-state index is -2.32. The summed E-state index contributed by atoms with van der Waals surface area (Å²) in [6.45, 7) is 1.92. The maximum absolute atomic E-state index is 12.0. The molecule has 0 aliphatic carbocycles. The highest BCUT2D eigenvalue weighted by molar-refractivity contribution is 4.81. The van der Waals surface area contributed by atoms with Gasteiger partial charge in [0.1, 0.15) is 12.2 Å². The second-order valence-electron chi connectivity index (χ2n) is 2.76. The van der Waals surface area contributed by atoms with Gasteiger partial charge in [-0.05, 0) is 6.92 Å². The van der Waals surface area contributed by atoms with Gasteiger partial charge in [-0.1, -0.05) is 0 Å². The Morgan fingerprint density at radius 1 is 1.62 bits per heavy atom. The van der Waals surface area contributed by atoms with E-state index in [1.165, 1.54) is 13.3 Å². The van der Waals surface area contributed by atoms with Gasteiger partial charge < -0.3 is 5.32 Å². The number of hydrogen-bond donors (Lipinski definition) is 2. The van der Waals surface area contributed by atoms with Gasteiger partial charge in [0.2, 0.25) is 0 Å². The average molecular weight is 190 g/mol.